The summed E-state index contributed by atoms with van der Waals surface area (Å²) in [4.78, 5) is 23.4. The van der Waals surface area contributed by atoms with Gasteiger partial charge in [-0.1, -0.05) is 20.3 Å². The number of hydrogen-bond donors (Lipinski definition) is 1. The first-order valence-electron chi connectivity index (χ1n) is 7.52. The van der Waals surface area contributed by atoms with E-state index in [1.54, 1.807) is 6.07 Å². The molecule has 1 unspecified atom stereocenters. The van der Waals surface area contributed by atoms with Crippen LogP contribution in [0.15, 0.2) is 21.3 Å². The van der Waals surface area contributed by atoms with Gasteiger partial charge in [-0.05, 0) is 30.4 Å². The molecule has 5 nitrogen and oxygen atoms in total. The molecule has 0 saturated heterocycles. The number of carbonyl (C=O) groups is 1. The molecule has 1 atom stereocenters. The molecule has 1 aromatic heterocycles. The van der Waals surface area contributed by atoms with Crippen LogP contribution in [0.3, 0.4) is 0 Å². The van der Waals surface area contributed by atoms with Crippen molar-refractivity contribution in [1.82, 2.24) is 0 Å². The summed E-state index contributed by atoms with van der Waals surface area (Å²) in [6, 6.07) is 2.84. The zero-order valence-corrected chi connectivity index (χ0v) is 12.6. The van der Waals surface area contributed by atoms with Crippen molar-refractivity contribution in [3.8, 4) is 5.75 Å². The molecule has 0 aliphatic carbocycles. The minimum Gasteiger partial charge on any atom is -0.493 e. The third-order valence-electron chi connectivity index (χ3n) is 4.13. The second-order valence-electron chi connectivity index (χ2n) is 5.72. The lowest BCUT2D eigenvalue weighted by Crippen LogP contribution is -2.16. The van der Waals surface area contributed by atoms with Gasteiger partial charge >= 0.3 is 5.97 Å². The van der Waals surface area contributed by atoms with E-state index in [9.17, 15) is 9.59 Å². The second kappa shape index (κ2) is 5.48. The number of aryl methyl sites for hydroxylation is 1. The Morgan fingerprint density at radius 3 is 2.86 bits per heavy atom. The summed E-state index contributed by atoms with van der Waals surface area (Å²) in [6.07, 6.45) is 2.44. The highest BCUT2D eigenvalue weighted by Gasteiger charge is 2.25. The van der Waals surface area contributed by atoms with Gasteiger partial charge in [0.1, 0.15) is 11.3 Å². The van der Waals surface area contributed by atoms with Crippen LogP contribution in [-0.4, -0.2) is 17.7 Å². The fourth-order valence-corrected chi connectivity index (χ4v) is 2.97. The number of carboxylic acids is 1. The van der Waals surface area contributed by atoms with Gasteiger partial charge in [-0.3, -0.25) is 4.79 Å². The third kappa shape index (κ3) is 2.26. The van der Waals surface area contributed by atoms with E-state index in [2.05, 4.69) is 6.92 Å². The van der Waals surface area contributed by atoms with E-state index in [-0.39, 0.29) is 11.2 Å². The summed E-state index contributed by atoms with van der Waals surface area (Å²) < 4.78 is 11.3. The molecule has 0 fully saturated rings. The first kappa shape index (κ1) is 14.6. The van der Waals surface area contributed by atoms with Crippen molar-refractivity contribution in [2.24, 2.45) is 0 Å². The van der Waals surface area contributed by atoms with Gasteiger partial charge in [-0.15, -0.1) is 0 Å². The molecule has 3 rings (SSSR count). The lowest BCUT2D eigenvalue weighted by atomic mass is 9.90. The van der Waals surface area contributed by atoms with Gasteiger partial charge in [-0.2, -0.15) is 0 Å². The molecular weight excluding hydrogens is 284 g/mol. The van der Waals surface area contributed by atoms with Crippen molar-refractivity contribution in [2.75, 3.05) is 6.61 Å². The van der Waals surface area contributed by atoms with Crippen molar-refractivity contribution in [3.05, 3.63) is 39.2 Å². The summed E-state index contributed by atoms with van der Waals surface area (Å²) in [7, 11) is 0. The quantitative estimate of drug-likeness (QED) is 0.941. The number of aromatic carboxylic acids is 1. The molecule has 0 bridgehead atoms. The van der Waals surface area contributed by atoms with Crippen LogP contribution in [0.1, 0.15) is 54.3 Å². The Kier molecular flexibility index (Phi) is 3.64. The first-order chi connectivity index (χ1) is 10.5. The average Bonchev–Trinajstić information content (AvgIpc) is 2.48. The number of hydrogen-bond acceptors (Lipinski definition) is 4. The van der Waals surface area contributed by atoms with Crippen LogP contribution in [0.25, 0.3) is 11.0 Å². The summed E-state index contributed by atoms with van der Waals surface area (Å²) in [5.41, 5.74) is 1.84. The Hall–Kier alpha value is -2.30. The molecule has 1 aliphatic rings. The zero-order chi connectivity index (χ0) is 15.9. The minimum absolute atomic E-state index is 0.308. The van der Waals surface area contributed by atoms with E-state index >= 15 is 0 Å². The molecule has 116 valence electrons. The van der Waals surface area contributed by atoms with Crippen molar-refractivity contribution >= 4 is 16.9 Å². The molecule has 0 spiro atoms. The van der Waals surface area contributed by atoms with Crippen molar-refractivity contribution < 1.29 is 19.1 Å². The molecule has 0 saturated carbocycles. The van der Waals surface area contributed by atoms with Crippen LogP contribution < -0.4 is 10.2 Å². The van der Waals surface area contributed by atoms with E-state index in [0.29, 0.717) is 29.9 Å². The van der Waals surface area contributed by atoms with Crippen molar-refractivity contribution in [2.45, 2.75) is 39.0 Å². The second-order valence-corrected chi connectivity index (χ2v) is 5.72. The highest BCUT2D eigenvalue weighted by atomic mass is 16.5. The van der Waals surface area contributed by atoms with E-state index in [1.807, 2.05) is 6.92 Å². The standard InChI is InChI=1S/C17H18O5/c1-3-4-10-15-11(9(2)5-6-21-15)7-12-13(18)8-14(17(19)20)22-16(10)12/h7-9H,3-6H2,1-2H3,(H,19,20). The third-order valence-corrected chi connectivity index (χ3v) is 4.13. The van der Waals surface area contributed by atoms with Gasteiger partial charge in [0.2, 0.25) is 5.76 Å². The van der Waals surface area contributed by atoms with Crippen LogP contribution in [0.5, 0.6) is 5.75 Å². The van der Waals surface area contributed by atoms with Crippen LogP contribution in [0.2, 0.25) is 0 Å². The highest BCUT2D eigenvalue weighted by molar-refractivity contribution is 5.89. The predicted octanol–water partition coefficient (Wildman–Crippen LogP) is 3.33. The molecule has 1 N–H and O–H groups in total. The topological polar surface area (TPSA) is 76.7 Å². The summed E-state index contributed by atoms with van der Waals surface area (Å²) in [5, 5.41) is 9.54. The van der Waals surface area contributed by atoms with Crippen LogP contribution in [0.4, 0.5) is 0 Å². The van der Waals surface area contributed by atoms with Gasteiger partial charge in [-0.25, -0.2) is 4.79 Å². The lowest BCUT2D eigenvalue weighted by Gasteiger charge is -2.26. The predicted molar refractivity (Wildman–Crippen MR) is 82.0 cm³/mol. The number of ether oxygens (including phenoxy) is 1. The van der Waals surface area contributed by atoms with Gasteiger partial charge in [0.05, 0.1) is 12.0 Å². The maximum absolute atomic E-state index is 12.3. The number of benzene rings is 1. The van der Waals surface area contributed by atoms with Gasteiger partial charge < -0.3 is 14.3 Å². The maximum Gasteiger partial charge on any atom is 0.371 e. The largest absolute Gasteiger partial charge is 0.493 e. The van der Waals surface area contributed by atoms with E-state index < -0.39 is 5.97 Å². The molecule has 1 aromatic carbocycles. The number of carboxylic acid groups (broad SMARTS) is 1. The van der Waals surface area contributed by atoms with E-state index in [0.717, 1.165) is 35.8 Å². The fourth-order valence-electron chi connectivity index (χ4n) is 2.97. The molecule has 5 heteroatoms. The van der Waals surface area contributed by atoms with Gasteiger partial charge in [0, 0.05) is 11.6 Å². The molecule has 0 radical (unpaired) electrons. The Labute approximate surface area is 127 Å². The smallest absolute Gasteiger partial charge is 0.371 e. The van der Waals surface area contributed by atoms with Gasteiger partial charge in [0.15, 0.2) is 5.43 Å². The van der Waals surface area contributed by atoms with Crippen LogP contribution in [0, 0.1) is 0 Å². The summed E-state index contributed by atoms with van der Waals surface area (Å²) in [5.74, 6) is -0.506. The van der Waals surface area contributed by atoms with E-state index in [1.165, 1.54) is 0 Å². The highest BCUT2D eigenvalue weighted by Crippen LogP contribution is 2.40. The van der Waals surface area contributed by atoms with Crippen LogP contribution >= 0.6 is 0 Å². The molecule has 2 heterocycles. The van der Waals surface area contributed by atoms with Crippen molar-refractivity contribution in [3.63, 3.8) is 0 Å². The fraction of sp³-hybridized carbons (Fsp3) is 0.412. The average molecular weight is 302 g/mol. The maximum atomic E-state index is 12.3. The number of rotatable bonds is 3. The normalized spacial score (nSPS) is 17.1. The molecule has 22 heavy (non-hydrogen) atoms. The Bertz CT molecular complexity index is 803. The molecule has 2 aromatic rings. The van der Waals surface area contributed by atoms with Crippen molar-refractivity contribution in [1.29, 1.82) is 0 Å². The Balaban J connectivity index is 2.40. The monoisotopic (exact) mass is 302 g/mol. The number of fused-ring (bicyclic) bond motifs is 2. The Morgan fingerprint density at radius 1 is 1.41 bits per heavy atom. The van der Waals surface area contributed by atoms with Crippen LogP contribution in [-0.2, 0) is 6.42 Å². The minimum atomic E-state index is -1.24. The molecule has 1 aliphatic heterocycles. The Morgan fingerprint density at radius 2 is 2.18 bits per heavy atom. The van der Waals surface area contributed by atoms with Gasteiger partial charge in [0.25, 0.3) is 0 Å². The summed E-state index contributed by atoms with van der Waals surface area (Å²) in [6.45, 7) is 4.76. The summed E-state index contributed by atoms with van der Waals surface area (Å²) >= 11 is 0. The lowest BCUT2D eigenvalue weighted by molar-refractivity contribution is 0.0663. The molecular formula is C17H18O5. The SMILES string of the molecule is CCCc1c2c(cc3c(=O)cc(C(=O)O)oc13)C(C)CCO2. The molecule has 0 amide bonds. The van der Waals surface area contributed by atoms with E-state index in [4.69, 9.17) is 14.3 Å². The first-order valence-corrected chi connectivity index (χ1v) is 7.52. The zero-order valence-electron chi connectivity index (χ0n) is 12.6.